The largest absolute Gasteiger partial charge is 0.494 e. The van der Waals surface area contributed by atoms with Crippen molar-refractivity contribution >= 4 is 16.0 Å². The van der Waals surface area contributed by atoms with E-state index >= 15 is 0 Å². The van der Waals surface area contributed by atoms with Crippen LogP contribution in [-0.2, 0) is 19.5 Å². The van der Waals surface area contributed by atoms with Crippen LogP contribution in [-0.4, -0.2) is 65.3 Å². The number of nitrogens with one attached hydrogen (secondary N) is 1. The lowest BCUT2D eigenvalue weighted by atomic mass is 10.1. The van der Waals surface area contributed by atoms with Crippen molar-refractivity contribution in [2.24, 2.45) is 0 Å². The highest BCUT2D eigenvalue weighted by Gasteiger charge is 2.36. The van der Waals surface area contributed by atoms with Gasteiger partial charge in [0.1, 0.15) is 34.6 Å². The number of hydrogen-bond donors (Lipinski definition) is 1. The van der Waals surface area contributed by atoms with Gasteiger partial charge in [0.2, 0.25) is 16.0 Å². The number of aryl methyl sites for hydroxylation is 1. The molecule has 39 heavy (non-hydrogen) atoms. The van der Waals surface area contributed by atoms with E-state index in [1.165, 1.54) is 20.4 Å². The second-order valence-electron chi connectivity index (χ2n) is 9.62. The Morgan fingerprint density at radius 3 is 2.33 bits per heavy atom. The van der Waals surface area contributed by atoms with Crippen molar-refractivity contribution in [3.8, 4) is 17.2 Å². The monoisotopic (exact) mass is 560 g/mol. The maximum atomic E-state index is 13.8. The van der Waals surface area contributed by atoms with Crippen LogP contribution in [0.3, 0.4) is 0 Å². The van der Waals surface area contributed by atoms with E-state index in [-0.39, 0.29) is 18.2 Å². The molecule has 4 rings (SSSR count). The van der Waals surface area contributed by atoms with Crippen molar-refractivity contribution in [3.63, 3.8) is 0 Å². The van der Waals surface area contributed by atoms with Crippen LogP contribution < -0.4 is 14.2 Å². The molecule has 3 atom stereocenters. The minimum absolute atomic E-state index is 0.0212. The molecule has 0 spiro atoms. The number of anilines is 1. The van der Waals surface area contributed by atoms with Gasteiger partial charge in [0.25, 0.3) is 0 Å². The number of sulfonamides is 1. The van der Waals surface area contributed by atoms with E-state index in [9.17, 15) is 8.42 Å². The van der Waals surface area contributed by atoms with Crippen LogP contribution >= 0.6 is 0 Å². The summed E-state index contributed by atoms with van der Waals surface area (Å²) in [7, 11) is -1.03. The molecule has 1 N–H and O–H groups in total. The lowest BCUT2D eigenvalue weighted by Crippen LogP contribution is -2.34. The summed E-state index contributed by atoms with van der Waals surface area (Å²) in [6, 6.07) is 5.30. The molecule has 1 aliphatic heterocycles. The van der Waals surface area contributed by atoms with Gasteiger partial charge < -0.3 is 18.9 Å². The van der Waals surface area contributed by atoms with Crippen molar-refractivity contribution in [3.05, 3.63) is 47.8 Å². The number of nitrogens with zero attached hydrogens (tertiary/aromatic N) is 5. The number of rotatable bonds is 11. The highest BCUT2D eigenvalue weighted by molar-refractivity contribution is 7.93. The fraction of sp³-hybridized carbons (Fsp3) is 0.538. The third-order valence-electron chi connectivity index (χ3n) is 6.44. The molecule has 0 amide bonds. The Bertz CT molecular complexity index is 1330. The summed E-state index contributed by atoms with van der Waals surface area (Å²) in [6.45, 7) is 7.62. The first kappa shape index (κ1) is 28.7. The van der Waals surface area contributed by atoms with E-state index in [0.29, 0.717) is 41.0 Å². The van der Waals surface area contributed by atoms with E-state index in [1.807, 2.05) is 20.8 Å². The van der Waals surface area contributed by atoms with Crippen LogP contribution in [0, 0.1) is 6.92 Å². The molecule has 1 fully saturated rings. The Morgan fingerprint density at radius 1 is 1.05 bits per heavy atom. The number of benzene rings is 1. The normalized spacial score (nSPS) is 17.6. The van der Waals surface area contributed by atoms with E-state index < -0.39 is 21.4 Å². The smallest absolute Gasteiger partial charge is 0.243 e. The van der Waals surface area contributed by atoms with Gasteiger partial charge in [-0.3, -0.25) is 19.3 Å². The molecule has 0 saturated carbocycles. The van der Waals surface area contributed by atoms with Gasteiger partial charge >= 0.3 is 0 Å². The lowest BCUT2D eigenvalue weighted by molar-refractivity contribution is 0.00392. The van der Waals surface area contributed by atoms with Crippen molar-refractivity contribution < 1.29 is 27.4 Å². The Balaban J connectivity index is 1.79. The molecule has 13 heteroatoms. The molecule has 3 heterocycles. The van der Waals surface area contributed by atoms with Gasteiger partial charge in [-0.15, -0.1) is 10.2 Å². The number of methoxy groups -OCH3 is 2. The standard InChI is InChI=1S/C26H36N6O6S/c1-16(2)38-24(19-15-27-17(3)14-28-19)18(4)39(33,34)31-26-30-29-25(22-10-7-8-13-37-22)32(26)23-20(35-5)11-9-12-21(23)36-6/h9,11-12,14-16,18,22,24H,7-8,10,13H2,1-6H3,(H,30,31)/t18-,22?,24+/m1/s1. The molecule has 0 radical (unpaired) electrons. The van der Waals surface area contributed by atoms with Crippen molar-refractivity contribution in [2.75, 3.05) is 25.5 Å². The second kappa shape index (κ2) is 12.3. The number of ether oxygens (including phenoxy) is 4. The fourth-order valence-corrected chi connectivity index (χ4v) is 5.54. The third-order valence-corrected chi connectivity index (χ3v) is 8.13. The number of aromatic nitrogens is 5. The van der Waals surface area contributed by atoms with E-state index in [2.05, 4.69) is 24.9 Å². The maximum Gasteiger partial charge on any atom is 0.243 e. The minimum Gasteiger partial charge on any atom is -0.494 e. The average molecular weight is 561 g/mol. The molecule has 212 valence electrons. The third kappa shape index (κ3) is 6.31. The molecule has 1 unspecified atom stereocenters. The first-order valence-electron chi connectivity index (χ1n) is 12.9. The van der Waals surface area contributed by atoms with Gasteiger partial charge in [-0.2, -0.15) is 0 Å². The zero-order chi connectivity index (χ0) is 28.2. The summed E-state index contributed by atoms with van der Waals surface area (Å²) in [5, 5.41) is 7.56. The van der Waals surface area contributed by atoms with Gasteiger partial charge in [0.15, 0.2) is 5.82 Å². The van der Waals surface area contributed by atoms with Crippen LogP contribution in [0.2, 0.25) is 0 Å². The lowest BCUT2D eigenvalue weighted by Gasteiger charge is -2.27. The highest BCUT2D eigenvalue weighted by Crippen LogP contribution is 2.39. The summed E-state index contributed by atoms with van der Waals surface area (Å²) in [6.07, 6.45) is 4.21. The van der Waals surface area contributed by atoms with E-state index in [4.69, 9.17) is 18.9 Å². The quantitative estimate of drug-likeness (QED) is 0.367. The number of para-hydroxylation sites is 1. The zero-order valence-corrected chi connectivity index (χ0v) is 23.9. The van der Waals surface area contributed by atoms with Gasteiger partial charge in [-0.05, 0) is 59.1 Å². The van der Waals surface area contributed by atoms with Gasteiger partial charge in [-0.25, -0.2) is 8.42 Å². The predicted molar refractivity (Wildman–Crippen MR) is 145 cm³/mol. The van der Waals surface area contributed by atoms with Crippen LogP contribution in [0.1, 0.15) is 69.5 Å². The summed E-state index contributed by atoms with van der Waals surface area (Å²) in [5.41, 5.74) is 1.59. The SMILES string of the molecule is COc1cccc(OC)c1-n1c(NS(=O)(=O)[C@H](C)[C@H](OC(C)C)c2cnc(C)cn2)nnc1C1CCCCO1. The molecular formula is C26H36N6O6S. The summed E-state index contributed by atoms with van der Waals surface area (Å²) in [4.78, 5) is 8.66. The topological polar surface area (TPSA) is 140 Å². The van der Waals surface area contributed by atoms with Crippen molar-refractivity contribution in [1.29, 1.82) is 0 Å². The van der Waals surface area contributed by atoms with E-state index in [0.717, 1.165) is 19.3 Å². The van der Waals surface area contributed by atoms with E-state index in [1.54, 1.807) is 35.9 Å². The Kier molecular flexibility index (Phi) is 9.03. The predicted octanol–water partition coefficient (Wildman–Crippen LogP) is 3.92. The Hall–Kier alpha value is -3.29. The zero-order valence-electron chi connectivity index (χ0n) is 23.1. The highest BCUT2D eigenvalue weighted by atomic mass is 32.2. The van der Waals surface area contributed by atoms with Gasteiger partial charge in [0, 0.05) is 12.8 Å². The Morgan fingerprint density at radius 2 is 1.77 bits per heavy atom. The van der Waals surface area contributed by atoms with Crippen LogP contribution in [0.25, 0.3) is 5.69 Å². The molecule has 1 aliphatic rings. The minimum atomic E-state index is -4.09. The number of hydrogen-bond acceptors (Lipinski definition) is 10. The Labute approximate surface area is 229 Å². The summed E-state index contributed by atoms with van der Waals surface area (Å²) < 4.78 is 55.2. The van der Waals surface area contributed by atoms with Gasteiger partial charge in [-0.1, -0.05) is 6.07 Å². The van der Waals surface area contributed by atoms with Crippen LogP contribution in [0.4, 0.5) is 5.95 Å². The summed E-state index contributed by atoms with van der Waals surface area (Å²) >= 11 is 0. The second-order valence-corrected chi connectivity index (χ2v) is 11.7. The first-order valence-corrected chi connectivity index (χ1v) is 14.4. The van der Waals surface area contributed by atoms with Crippen LogP contribution in [0.5, 0.6) is 11.5 Å². The average Bonchev–Trinajstić information content (AvgIpc) is 3.33. The van der Waals surface area contributed by atoms with Crippen molar-refractivity contribution in [2.45, 2.75) is 70.5 Å². The molecule has 1 aromatic carbocycles. The molecule has 12 nitrogen and oxygen atoms in total. The first-order chi connectivity index (χ1) is 18.7. The van der Waals surface area contributed by atoms with Gasteiger partial charge in [0.05, 0.1) is 37.9 Å². The summed E-state index contributed by atoms with van der Waals surface area (Å²) in [5.74, 6) is 1.33. The molecule has 0 aliphatic carbocycles. The molecule has 0 bridgehead atoms. The molecule has 1 saturated heterocycles. The molecule has 2 aromatic heterocycles. The fourth-order valence-electron chi connectivity index (χ4n) is 4.43. The van der Waals surface area contributed by atoms with Crippen LogP contribution in [0.15, 0.2) is 30.6 Å². The maximum absolute atomic E-state index is 13.8. The molecule has 3 aromatic rings. The molecular weight excluding hydrogens is 524 g/mol. The van der Waals surface area contributed by atoms with Crippen molar-refractivity contribution in [1.82, 2.24) is 24.7 Å².